The number of nitrogens with one attached hydrogen (secondary N) is 1. The predicted octanol–water partition coefficient (Wildman–Crippen LogP) is 4.77. The Labute approximate surface area is 165 Å². The molecule has 5 nitrogen and oxygen atoms in total. The molecule has 0 bridgehead atoms. The van der Waals surface area contributed by atoms with Crippen LogP contribution in [0.1, 0.15) is 43.7 Å². The molecule has 1 aliphatic rings. The van der Waals surface area contributed by atoms with E-state index in [1.807, 2.05) is 48.3 Å². The van der Waals surface area contributed by atoms with E-state index in [1.54, 1.807) is 6.07 Å². The summed E-state index contributed by atoms with van der Waals surface area (Å²) < 4.78 is 0. The monoisotopic (exact) mass is 382 g/mol. The quantitative estimate of drug-likeness (QED) is 0.508. The van der Waals surface area contributed by atoms with Crippen LogP contribution in [0.15, 0.2) is 59.8 Å². The zero-order valence-electron chi connectivity index (χ0n) is 15.6. The highest BCUT2D eigenvalue weighted by Crippen LogP contribution is 2.41. The van der Waals surface area contributed by atoms with Crippen LogP contribution >= 0.6 is 11.8 Å². The highest BCUT2D eigenvalue weighted by atomic mass is 32.2. The molecule has 0 radical (unpaired) electrons. The molecule has 3 N–H and O–H groups in total. The third kappa shape index (κ3) is 5.26. The van der Waals surface area contributed by atoms with Gasteiger partial charge in [0.15, 0.2) is 0 Å². The molecule has 3 rings (SSSR count). The van der Waals surface area contributed by atoms with Crippen LogP contribution in [0, 0.1) is 0 Å². The average molecular weight is 383 g/mol. The summed E-state index contributed by atoms with van der Waals surface area (Å²) in [6, 6.07) is 13.4. The number of pyridine rings is 1. The number of hydrogen-bond acceptors (Lipinski definition) is 5. The van der Waals surface area contributed by atoms with Gasteiger partial charge in [-0.1, -0.05) is 24.6 Å². The Morgan fingerprint density at radius 2 is 2.00 bits per heavy atom. The zero-order chi connectivity index (χ0) is 19.1. The van der Waals surface area contributed by atoms with E-state index in [4.69, 9.17) is 5.73 Å². The smallest absolute Gasteiger partial charge is 0.224 e. The van der Waals surface area contributed by atoms with Crippen molar-refractivity contribution in [3.8, 4) is 0 Å². The van der Waals surface area contributed by atoms with Crippen LogP contribution in [0.2, 0.25) is 0 Å². The number of nitrogens with zero attached hydrogens (tertiary/aromatic N) is 2. The number of nitrogen functional groups attached to an aromatic ring is 1. The first-order valence-corrected chi connectivity index (χ1v) is 10.2. The molecule has 1 unspecified atom stereocenters. The van der Waals surface area contributed by atoms with Gasteiger partial charge in [0.25, 0.3) is 0 Å². The molecule has 1 amide bonds. The fourth-order valence-corrected chi connectivity index (χ4v) is 4.26. The maximum Gasteiger partial charge on any atom is 0.224 e. The van der Waals surface area contributed by atoms with Crippen molar-refractivity contribution >= 4 is 29.0 Å². The highest BCUT2D eigenvalue weighted by molar-refractivity contribution is 8.02. The van der Waals surface area contributed by atoms with Crippen LogP contribution in [-0.2, 0) is 4.79 Å². The van der Waals surface area contributed by atoms with E-state index in [0.717, 1.165) is 31.5 Å². The number of hydrogen-bond donors (Lipinski definition) is 2. The van der Waals surface area contributed by atoms with Crippen LogP contribution in [0.3, 0.4) is 0 Å². The minimum Gasteiger partial charge on any atom is -0.397 e. The molecular formula is C21H26N4OS. The second kappa shape index (κ2) is 9.46. The van der Waals surface area contributed by atoms with Crippen LogP contribution in [0.4, 0.5) is 11.4 Å². The number of aromatic nitrogens is 1. The van der Waals surface area contributed by atoms with E-state index in [-0.39, 0.29) is 11.3 Å². The third-order valence-electron chi connectivity index (χ3n) is 4.58. The van der Waals surface area contributed by atoms with Crippen LogP contribution in [0.5, 0.6) is 0 Å². The van der Waals surface area contributed by atoms with E-state index >= 15 is 0 Å². The Balaban J connectivity index is 1.40. The lowest BCUT2D eigenvalue weighted by Gasteiger charge is -2.27. The summed E-state index contributed by atoms with van der Waals surface area (Å²) in [5.41, 5.74) is 9.52. The maximum absolute atomic E-state index is 12.1. The summed E-state index contributed by atoms with van der Waals surface area (Å²) in [6.07, 6.45) is 5.30. The summed E-state index contributed by atoms with van der Waals surface area (Å²) in [4.78, 5) is 19.0. The molecule has 0 saturated heterocycles. The molecular weight excluding hydrogens is 356 g/mol. The number of carbonyl (C=O) groups is 1. The normalized spacial score (nSPS) is 16.3. The van der Waals surface area contributed by atoms with Crippen molar-refractivity contribution in [1.29, 1.82) is 0 Å². The van der Waals surface area contributed by atoms with Crippen LogP contribution in [-0.4, -0.2) is 22.3 Å². The van der Waals surface area contributed by atoms with Gasteiger partial charge in [-0.05, 0) is 49.4 Å². The van der Waals surface area contributed by atoms with Gasteiger partial charge >= 0.3 is 0 Å². The van der Waals surface area contributed by atoms with Crippen molar-refractivity contribution < 1.29 is 4.79 Å². The molecule has 1 aliphatic heterocycles. The summed E-state index contributed by atoms with van der Waals surface area (Å²) in [6.45, 7) is 3.12. The SMILES string of the molecule is CC1=CSC(c2ccccn2)N1CCCCCC(=O)Nc1ccccc1N. The Bertz CT molecular complexity index is 794. The number of anilines is 2. The second-order valence-electron chi connectivity index (χ2n) is 6.64. The fraction of sp³-hybridized carbons (Fsp3) is 0.333. The number of benzene rings is 1. The van der Waals surface area contributed by atoms with Gasteiger partial charge in [0.2, 0.25) is 5.91 Å². The highest BCUT2D eigenvalue weighted by Gasteiger charge is 2.26. The van der Waals surface area contributed by atoms with E-state index in [2.05, 4.69) is 33.6 Å². The van der Waals surface area contributed by atoms with Crippen molar-refractivity contribution in [2.75, 3.05) is 17.6 Å². The minimum absolute atomic E-state index is 0.0204. The standard InChI is InChI=1S/C21H26N4OS/c1-16-15-27-21(19-11-6-7-13-23-19)25(16)14-8-2-3-12-20(26)24-18-10-5-4-9-17(18)22/h4-7,9-11,13,15,21H,2-3,8,12,14,22H2,1H3,(H,24,26). The van der Waals surface area contributed by atoms with Crippen LogP contribution in [0.25, 0.3) is 0 Å². The number of carbonyl (C=O) groups excluding carboxylic acids is 1. The molecule has 0 spiro atoms. The predicted molar refractivity (Wildman–Crippen MR) is 113 cm³/mol. The summed E-state index contributed by atoms with van der Waals surface area (Å²) in [7, 11) is 0. The second-order valence-corrected chi connectivity index (χ2v) is 7.60. The Morgan fingerprint density at radius 1 is 1.19 bits per heavy atom. The molecule has 142 valence electrons. The molecule has 2 aromatic rings. The molecule has 6 heteroatoms. The summed E-state index contributed by atoms with van der Waals surface area (Å²) >= 11 is 1.81. The molecule has 1 aromatic heterocycles. The lowest BCUT2D eigenvalue weighted by molar-refractivity contribution is -0.116. The van der Waals surface area contributed by atoms with Gasteiger partial charge in [-0.15, -0.1) is 11.8 Å². The molecule has 0 fully saturated rings. The summed E-state index contributed by atoms with van der Waals surface area (Å²) in [5.74, 6) is 0.0204. The number of thioether (sulfide) groups is 1. The fourth-order valence-electron chi connectivity index (χ4n) is 3.10. The Hall–Kier alpha value is -2.47. The van der Waals surface area contributed by atoms with Gasteiger partial charge < -0.3 is 16.0 Å². The van der Waals surface area contributed by atoms with E-state index in [1.165, 1.54) is 5.70 Å². The summed E-state index contributed by atoms with van der Waals surface area (Å²) in [5, 5.41) is 5.35. The number of allylic oxidation sites excluding steroid dienone is 1. The Kier molecular flexibility index (Phi) is 6.76. The van der Waals surface area contributed by atoms with E-state index in [0.29, 0.717) is 17.8 Å². The van der Waals surface area contributed by atoms with Crippen molar-refractivity contribution in [2.24, 2.45) is 0 Å². The van der Waals surface area contributed by atoms with Gasteiger partial charge in [0, 0.05) is 24.9 Å². The number of amides is 1. The van der Waals surface area contributed by atoms with Gasteiger partial charge in [-0.2, -0.15) is 0 Å². The minimum atomic E-state index is 0.0204. The first-order valence-electron chi connectivity index (χ1n) is 9.29. The largest absolute Gasteiger partial charge is 0.397 e. The molecule has 0 aliphatic carbocycles. The van der Waals surface area contributed by atoms with Gasteiger partial charge in [-0.25, -0.2) is 0 Å². The topological polar surface area (TPSA) is 71.2 Å². The number of unbranched alkanes of at least 4 members (excludes halogenated alkanes) is 2. The maximum atomic E-state index is 12.1. The number of nitrogens with two attached hydrogens (primary N) is 1. The lowest BCUT2D eigenvalue weighted by atomic mass is 10.1. The van der Waals surface area contributed by atoms with Crippen molar-refractivity contribution in [3.05, 3.63) is 65.5 Å². The van der Waals surface area contributed by atoms with Crippen molar-refractivity contribution in [1.82, 2.24) is 9.88 Å². The molecule has 1 atom stereocenters. The molecule has 1 aromatic carbocycles. The average Bonchev–Trinajstić information content (AvgIpc) is 3.05. The van der Waals surface area contributed by atoms with E-state index in [9.17, 15) is 4.79 Å². The lowest BCUT2D eigenvalue weighted by Crippen LogP contribution is -2.23. The molecule has 27 heavy (non-hydrogen) atoms. The Morgan fingerprint density at radius 3 is 2.78 bits per heavy atom. The van der Waals surface area contributed by atoms with Gasteiger partial charge in [0.05, 0.1) is 17.1 Å². The first kappa shape index (κ1) is 19.3. The zero-order valence-corrected chi connectivity index (χ0v) is 16.4. The number of para-hydroxylation sites is 2. The molecule has 2 heterocycles. The van der Waals surface area contributed by atoms with Crippen molar-refractivity contribution in [2.45, 2.75) is 38.0 Å². The molecule has 0 saturated carbocycles. The van der Waals surface area contributed by atoms with E-state index < -0.39 is 0 Å². The third-order valence-corrected chi connectivity index (χ3v) is 5.81. The number of rotatable bonds is 8. The van der Waals surface area contributed by atoms with Crippen LogP contribution < -0.4 is 11.1 Å². The van der Waals surface area contributed by atoms with Gasteiger partial charge in [-0.3, -0.25) is 9.78 Å². The first-order chi connectivity index (χ1) is 13.1. The van der Waals surface area contributed by atoms with Crippen molar-refractivity contribution in [3.63, 3.8) is 0 Å². The van der Waals surface area contributed by atoms with Gasteiger partial charge in [0.1, 0.15) is 5.37 Å².